The summed E-state index contributed by atoms with van der Waals surface area (Å²) in [6.07, 6.45) is 0.925. The van der Waals surface area contributed by atoms with Crippen LogP contribution in [0.1, 0.15) is 12.0 Å². The number of hydrogen-bond acceptors (Lipinski definition) is 1. The van der Waals surface area contributed by atoms with E-state index in [1.165, 1.54) is 6.07 Å². The van der Waals surface area contributed by atoms with Crippen molar-refractivity contribution in [1.29, 1.82) is 0 Å². The molecule has 0 heterocycles. The Balaban J connectivity index is 2.46. The lowest BCUT2D eigenvalue weighted by atomic mass is 10.2. The summed E-state index contributed by atoms with van der Waals surface area (Å²) in [5.41, 5.74) is 0.930. The highest BCUT2D eigenvalue weighted by Crippen LogP contribution is 2.19. The van der Waals surface area contributed by atoms with Gasteiger partial charge in [0.05, 0.1) is 4.47 Å². The molecule has 1 rings (SSSR count). The maximum absolute atomic E-state index is 13.1. The maximum Gasteiger partial charge on any atom is 0.137 e. The number of benzene rings is 1. The number of rotatable bonds is 5. The fraction of sp³-hybridized carbons (Fsp3) is 0.400. The van der Waals surface area contributed by atoms with Gasteiger partial charge in [-0.05, 0) is 40.5 Å². The minimum atomic E-state index is -0.221. The predicted octanol–water partition coefficient (Wildman–Crippen LogP) is 3.31. The SMILES string of the molecule is Fc1cccc(CNCCCCl)c1Br. The monoisotopic (exact) mass is 279 g/mol. The van der Waals surface area contributed by atoms with Gasteiger partial charge in [-0.25, -0.2) is 4.39 Å². The van der Waals surface area contributed by atoms with E-state index in [9.17, 15) is 4.39 Å². The summed E-state index contributed by atoms with van der Waals surface area (Å²) in [5.74, 6) is 0.429. The van der Waals surface area contributed by atoms with Crippen molar-refractivity contribution in [3.8, 4) is 0 Å². The standard InChI is InChI=1S/C10H12BrClFN/c11-10-8(3-1-4-9(10)13)7-14-6-2-5-12/h1,3-4,14H,2,5-7H2. The number of halogens is 3. The first kappa shape index (κ1) is 12.0. The third-order valence-electron chi connectivity index (χ3n) is 1.83. The topological polar surface area (TPSA) is 12.0 Å². The molecule has 0 aromatic heterocycles. The van der Waals surface area contributed by atoms with Crippen molar-refractivity contribution < 1.29 is 4.39 Å². The first-order valence-electron chi connectivity index (χ1n) is 4.45. The largest absolute Gasteiger partial charge is 0.313 e. The van der Waals surface area contributed by atoms with Crippen LogP contribution in [0.3, 0.4) is 0 Å². The van der Waals surface area contributed by atoms with E-state index in [4.69, 9.17) is 11.6 Å². The van der Waals surface area contributed by atoms with Crippen LogP contribution >= 0.6 is 27.5 Å². The molecule has 0 spiro atoms. The van der Waals surface area contributed by atoms with Crippen LogP contribution in [0.25, 0.3) is 0 Å². The summed E-state index contributed by atoms with van der Waals surface area (Å²) in [4.78, 5) is 0. The van der Waals surface area contributed by atoms with Crippen molar-refractivity contribution in [1.82, 2.24) is 5.32 Å². The highest BCUT2D eigenvalue weighted by molar-refractivity contribution is 9.10. The van der Waals surface area contributed by atoms with Crippen molar-refractivity contribution in [2.45, 2.75) is 13.0 Å². The Kier molecular flexibility index (Phi) is 5.45. The van der Waals surface area contributed by atoms with Crippen LogP contribution in [0.4, 0.5) is 4.39 Å². The molecule has 0 aliphatic rings. The zero-order valence-corrected chi connectivity index (χ0v) is 10.0. The van der Waals surface area contributed by atoms with Gasteiger partial charge in [-0.1, -0.05) is 12.1 Å². The van der Waals surface area contributed by atoms with Gasteiger partial charge in [-0.15, -0.1) is 11.6 Å². The molecule has 0 amide bonds. The maximum atomic E-state index is 13.1. The van der Waals surface area contributed by atoms with Gasteiger partial charge in [-0.2, -0.15) is 0 Å². The molecule has 14 heavy (non-hydrogen) atoms. The van der Waals surface area contributed by atoms with Gasteiger partial charge in [0.15, 0.2) is 0 Å². The van der Waals surface area contributed by atoms with E-state index in [2.05, 4.69) is 21.2 Å². The lowest BCUT2D eigenvalue weighted by Crippen LogP contribution is -2.15. The van der Waals surface area contributed by atoms with E-state index in [1.54, 1.807) is 6.07 Å². The van der Waals surface area contributed by atoms with Gasteiger partial charge in [-0.3, -0.25) is 0 Å². The van der Waals surface area contributed by atoms with E-state index in [-0.39, 0.29) is 5.82 Å². The fourth-order valence-corrected chi connectivity index (χ4v) is 1.64. The molecule has 78 valence electrons. The van der Waals surface area contributed by atoms with Crippen LogP contribution in [0.2, 0.25) is 0 Å². The van der Waals surface area contributed by atoms with Crippen LogP contribution in [0, 0.1) is 5.82 Å². The van der Waals surface area contributed by atoms with Crippen molar-refractivity contribution >= 4 is 27.5 Å². The molecule has 0 aliphatic heterocycles. The van der Waals surface area contributed by atoms with Crippen LogP contribution in [0.15, 0.2) is 22.7 Å². The van der Waals surface area contributed by atoms with Gasteiger partial charge in [0.1, 0.15) is 5.82 Å². The smallest absolute Gasteiger partial charge is 0.137 e. The van der Waals surface area contributed by atoms with E-state index in [1.807, 2.05) is 6.07 Å². The lowest BCUT2D eigenvalue weighted by molar-refractivity contribution is 0.611. The van der Waals surface area contributed by atoms with Crippen molar-refractivity contribution in [3.63, 3.8) is 0 Å². The van der Waals surface area contributed by atoms with Crippen LogP contribution in [0.5, 0.6) is 0 Å². The Hall–Kier alpha value is -0.120. The Labute approximate surface area is 96.8 Å². The summed E-state index contributed by atoms with van der Waals surface area (Å²) < 4.78 is 13.6. The second-order valence-electron chi connectivity index (χ2n) is 2.93. The fourth-order valence-electron chi connectivity index (χ4n) is 1.10. The zero-order valence-electron chi connectivity index (χ0n) is 7.69. The summed E-state index contributed by atoms with van der Waals surface area (Å²) in [6.45, 7) is 1.52. The van der Waals surface area contributed by atoms with Crippen molar-refractivity contribution in [2.24, 2.45) is 0 Å². The van der Waals surface area contributed by atoms with Gasteiger partial charge in [0.2, 0.25) is 0 Å². The molecule has 4 heteroatoms. The number of hydrogen-bond donors (Lipinski definition) is 1. The molecule has 0 atom stereocenters. The van der Waals surface area contributed by atoms with Crippen LogP contribution in [-0.2, 0) is 6.54 Å². The zero-order chi connectivity index (χ0) is 10.4. The van der Waals surface area contributed by atoms with Gasteiger partial charge in [0.25, 0.3) is 0 Å². The first-order chi connectivity index (χ1) is 6.75. The average molecular weight is 281 g/mol. The van der Waals surface area contributed by atoms with Crippen molar-refractivity contribution in [2.75, 3.05) is 12.4 Å². The molecule has 1 aromatic rings. The molecule has 1 N–H and O–H groups in total. The summed E-state index contributed by atoms with van der Waals surface area (Å²) in [6, 6.07) is 5.03. The molecule has 0 radical (unpaired) electrons. The van der Waals surface area contributed by atoms with Gasteiger partial charge in [0, 0.05) is 12.4 Å². The third-order valence-corrected chi connectivity index (χ3v) is 2.99. The van der Waals surface area contributed by atoms with E-state index in [0.717, 1.165) is 18.5 Å². The molecule has 0 bridgehead atoms. The second kappa shape index (κ2) is 6.38. The lowest BCUT2D eigenvalue weighted by Gasteiger charge is -2.06. The number of nitrogens with one attached hydrogen (secondary N) is 1. The van der Waals surface area contributed by atoms with Gasteiger partial charge < -0.3 is 5.32 Å². The average Bonchev–Trinajstić information content (AvgIpc) is 2.19. The highest BCUT2D eigenvalue weighted by atomic mass is 79.9. The van der Waals surface area contributed by atoms with Crippen LogP contribution < -0.4 is 5.32 Å². The van der Waals surface area contributed by atoms with E-state index < -0.39 is 0 Å². The van der Waals surface area contributed by atoms with Gasteiger partial charge >= 0.3 is 0 Å². The molecular weight excluding hydrogens is 268 g/mol. The number of alkyl halides is 1. The second-order valence-corrected chi connectivity index (χ2v) is 4.10. The molecule has 1 nitrogen and oxygen atoms in total. The minimum absolute atomic E-state index is 0.221. The normalized spacial score (nSPS) is 10.5. The molecule has 0 saturated carbocycles. The molecular formula is C10H12BrClFN. The third kappa shape index (κ3) is 3.56. The Morgan fingerprint density at radius 2 is 2.21 bits per heavy atom. The molecule has 1 aromatic carbocycles. The minimum Gasteiger partial charge on any atom is -0.313 e. The van der Waals surface area contributed by atoms with E-state index in [0.29, 0.717) is 16.9 Å². The molecule has 0 aliphatic carbocycles. The molecule has 0 saturated heterocycles. The Morgan fingerprint density at radius 1 is 1.43 bits per heavy atom. The first-order valence-corrected chi connectivity index (χ1v) is 5.78. The summed E-state index contributed by atoms with van der Waals surface area (Å²) in [5, 5.41) is 3.19. The summed E-state index contributed by atoms with van der Waals surface area (Å²) >= 11 is 8.74. The van der Waals surface area contributed by atoms with E-state index >= 15 is 0 Å². The van der Waals surface area contributed by atoms with Crippen molar-refractivity contribution in [3.05, 3.63) is 34.1 Å². The quantitative estimate of drug-likeness (QED) is 0.644. The highest BCUT2D eigenvalue weighted by Gasteiger charge is 2.03. The summed E-state index contributed by atoms with van der Waals surface area (Å²) in [7, 11) is 0. The molecule has 0 fully saturated rings. The Morgan fingerprint density at radius 3 is 2.93 bits per heavy atom. The van der Waals surface area contributed by atoms with Crippen LogP contribution in [-0.4, -0.2) is 12.4 Å². The predicted molar refractivity (Wildman–Crippen MR) is 61.1 cm³/mol. The Bertz CT molecular complexity index is 293. The molecule has 0 unspecified atom stereocenters.